The number of hydrogen-bond donors (Lipinski definition) is 2. The number of guanidine groups is 1. The van der Waals surface area contributed by atoms with E-state index in [1.807, 2.05) is 20.8 Å². The summed E-state index contributed by atoms with van der Waals surface area (Å²) in [4.78, 5) is 8.56. The molecule has 1 aromatic rings. The quantitative estimate of drug-likeness (QED) is 0.272. The lowest BCUT2D eigenvalue weighted by atomic mass is 10.1. The molecule has 23 heavy (non-hydrogen) atoms. The number of ether oxygens (including phenoxy) is 2. The van der Waals surface area contributed by atoms with Crippen LogP contribution in [-0.4, -0.2) is 49.9 Å². The molecule has 0 aliphatic carbocycles. The van der Waals surface area contributed by atoms with E-state index in [4.69, 9.17) is 21.1 Å². The van der Waals surface area contributed by atoms with Crippen molar-refractivity contribution in [1.29, 1.82) is 0 Å². The Bertz CT molecular complexity index is 469. The number of halogens is 2. The van der Waals surface area contributed by atoms with Gasteiger partial charge >= 0.3 is 0 Å². The van der Waals surface area contributed by atoms with Gasteiger partial charge in [0.1, 0.15) is 6.61 Å². The van der Waals surface area contributed by atoms with Gasteiger partial charge in [-0.25, -0.2) is 4.98 Å². The first-order chi connectivity index (χ1) is 10.5. The highest BCUT2D eigenvalue weighted by Crippen LogP contribution is 2.11. The summed E-state index contributed by atoms with van der Waals surface area (Å²) in [5.74, 6) is 1.29. The topological polar surface area (TPSA) is 67.8 Å². The summed E-state index contributed by atoms with van der Waals surface area (Å²) in [5.41, 5.74) is -0.286. The number of aromatic nitrogens is 1. The highest BCUT2D eigenvalue weighted by atomic mass is 127. The van der Waals surface area contributed by atoms with Gasteiger partial charge in [-0.3, -0.25) is 4.99 Å². The van der Waals surface area contributed by atoms with Gasteiger partial charge in [0.05, 0.1) is 23.7 Å². The zero-order valence-electron chi connectivity index (χ0n) is 14.1. The lowest BCUT2D eigenvalue weighted by Crippen LogP contribution is -2.40. The molecule has 0 fully saturated rings. The van der Waals surface area contributed by atoms with Crippen LogP contribution in [0.4, 0.5) is 0 Å². The predicted octanol–water partition coefficient (Wildman–Crippen LogP) is 2.71. The predicted molar refractivity (Wildman–Crippen MR) is 105 cm³/mol. The molecule has 0 radical (unpaired) electrons. The van der Waals surface area contributed by atoms with Gasteiger partial charge in [0, 0.05) is 25.9 Å². The average molecular weight is 457 g/mol. The summed E-state index contributed by atoms with van der Waals surface area (Å²) in [5, 5.41) is 6.97. The maximum atomic E-state index is 5.77. The molecule has 0 aliphatic heterocycles. The van der Waals surface area contributed by atoms with Crippen LogP contribution < -0.4 is 15.4 Å². The molecule has 132 valence electrons. The summed E-state index contributed by atoms with van der Waals surface area (Å²) in [6.45, 7) is 8.46. The third-order valence-corrected chi connectivity index (χ3v) is 3.08. The summed E-state index contributed by atoms with van der Waals surface area (Å²) in [7, 11) is 1.68. The molecule has 0 spiro atoms. The second-order valence-corrected chi connectivity index (χ2v) is 5.69. The minimum absolute atomic E-state index is 0. The maximum absolute atomic E-state index is 5.77. The normalized spacial score (nSPS) is 11.6. The van der Waals surface area contributed by atoms with Crippen molar-refractivity contribution < 1.29 is 9.47 Å². The van der Waals surface area contributed by atoms with Gasteiger partial charge in [-0.15, -0.1) is 24.0 Å². The molecule has 0 amide bonds. The molecule has 0 saturated carbocycles. The van der Waals surface area contributed by atoms with E-state index in [9.17, 15) is 0 Å². The number of aliphatic imine (C=N–C) groups is 1. The van der Waals surface area contributed by atoms with Gasteiger partial charge in [-0.1, -0.05) is 11.6 Å². The third-order valence-electron chi connectivity index (χ3n) is 2.86. The molecular weight excluding hydrogens is 431 g/mol. The molecule has 0 unspecified atom stereocenters. The second kappa shape index (κ2) is 11.7. The summed E-state index contributed by atoms with van der Waals surface area (Å²) >= 11 is 5.77. The highest BCUT2D eigenvalue weighted by Gasteiger charge is 2.15. The third kappa shape index (κ3) is 9.83. The SMILES string of the molecule is CCNC(=NCC(C)(C)OC)NCCOc1ccc(Cl)cn1.I. The van der Waals surface area contributed by atoms with E-state index in [1.165, 1.54) is 0 Å². The molecule has 1 heterocycles. The summed E-state index contributed by atoms with van der Waals surface area (Å²) < 4.78 is 10.9. The Kier molecular flexibility index (Phi) is 11.3. The number of pyridine rings is 1. The van der Waals surface area contributed by atoms with E-state index >= 15 is 0 Å². The van der Waals surface area contributed by atoms with Crippen molar-refractivity contribution in [2.75, 3.05) is 33.4 Å². The van der Waals surface area contributed by atoms with Crippen molar-refractivity contribution in [1.82, 2.24) is 15.6 Å². The minimum Gasteiger partial charge on any atom is -0.476 e. The smallest absolute Gasteiger partial charge is 0.213 e. The highest BCUT2D eigenvalue weighted by molar-refractivity contribution is 14.0. The van der Waals surface area contributed by atoms with E-state index in [1.54, 1.807) is 25.4 Å². The first-order valence-electron chi connectivity index (χ1n) is 7.28. The number of nitrogens with one attached hydrogen (secondary N) is 2. The minimum atomic E-state index is -0.286. The molecule has 2 N–H and O–H groups in total. The molecule has 0 atom stereocenters. The number of nitrogens with zero attached hydrogens (tertiary/aromatic N) is 2. The van der Waals surface area contributed by atoms with Crippen LogP contribution in [0.25, 0.3) is 0 Å². The summed E-state index contributed by atoms with van der Waals surface area (Å²) in [6.07, 6.45) is 1.56. The van der Waals surface area contributed by atoms with E-state index in [-0.39, 0.29) is 29.6 Å². The number of rotatable bonds is 8. The number of methoxy groups -OCH3 is 1. The lowest BCUT2D eigenvalue weighted by molar-refractivity contribution is 0.0310. The van der Waals surface area contributed by atoms with Crippen LogP contribution in [0.5, 0.6) is 5.88 Å². The first-order valence-corrected chi connectivity index (χ1v) is 7.66. The van der Waals surface area contributed by atoms with Crippen LogP contribution in [0, 0.1) is 0 Å². The van der Waals surface area contributed by atoms with Crippen LogP contribution in [0.2, 0.25) is 5.02 Å². The Hall–Kier alpha value is -0.800. The van der Waals surface area contributed by atoms with Crippen LogP contribution in [-0.2, 0) is 4.74 Å². The molecule has 0 aliphatic rings. The fourth-order valence-electron chi connectivity index (χ4n) is 1.45. The zero-order chi connectivity index (χ0) is 16.4. The molecule has 0 aromatic carbocycles. The van der Waals surface area contributed by atoms with Crippen LogP contribution >= 0.6 is 35.6 Å². The van der Waals surface area contributed by atoms with E-state index in [0.717, 1.165) is 12.5 Å². The van der Waals surface area contributed by atoms with Crippen molar-refractivity contribution >= 4 is 41.5 Å². The molecule has 0 saturated heterocycles. The molecule has 1 aromatic heterocycles. The van der Waals surface area contributed by atoms with E-state index in [2.05, 4.69) is 20.6 Å². The van der Waals surface area contributed by atoms with E-state index in [0.29, 0.717) is 30.6 Å². The van der Waals surface area contributed by atoms with Crippen molar-refractivity contribution in [2.24, 2.45) is 4.99 Å². The van der Waals surface area contributed by atoms with E-state index < -0.39 is 0 Å². The standard InChI is InChI=1S/C15H25ClN4O2.HI/c1-5-17-14(20-11-15(2,3)21-4)18-8-9-22-13-7-6-12(16)10-19-13;/h6-7,10H,5,8-9,11H2,1-4H3,(H2,17,18,20);1H. The second-order valence-electron chi connectivity index (χ2n) is 5.25. The van der Waals surface area contributed by atoms with Crippen LogP contribution in [0.3, 0.4) is 0 Å². The molecule has 6 nitrogen and oxygen atoms in total. The van der Waals surface area contributed by atoms with Crippen LogP contribution in [0.15, 0.2) is 23.3 Å². The van der Waals surface area contributed by atoms with Crippen molar-refractivity contribution in [2.45, 2.75) is 26.4 Å². The van der Waals surface area contributed by atoms with Gasteiger partial charge in [0.2, 0.25) is 5.88 Å². The molecule has 8 heteroatoms. The Morgan fingerprint density at radius 2 is 2.09 bits per heavy atom. The van der Waals surface area contributed by atoms with Gasteiger partial charge in [0.15, 0.2) is 5.96 Å². The monoisotopic (exact) mass is 456 g/mol. The Morgan fingerprint density at radius 1 is 1.35 bits per heavy atom. The van der Waals surface area contributed by atoms with Crippen molar-refractivity contribution in [3.05, 3.63) is 23.4 Å². The fraction of sp³-hybridized carbons (Fsp3) is 0.600. The van der Waals surface area contributed by atoms with Gasteiger partial charge in [-0.2, -0.15) is 0 Å². The maximum Gasteiger partial charge on any atom is 0.213 e. The lowest BCUT2D eigenvalue weighted by Gasteiger charge is -2.21. The fourth-order valence-corrected chi connectivity index (χ4v) is 1.56. The molecule has 0 bridgehead atoms. The Morgan fingerprint density at radius 3 is 2.65 bits per heavy atom. The van der Waals surface area contributed by atoms with Gasteiger partial charge in [0.25, 0.3) is 0 Å². The van der Waals surface area contributed by atoms with Crippen molar-refractivity contribution in [3.8, 4) is 5.88 Å². The van der Waals surface area contributed by atoms with Gasteiger partial charge < -0.3 is 20.1 Å². The number of hydrogen-bond acceptors (Lipinski definition) is 4. The van der Waals surface area contributed by atoms with Gasteiger partial charge in [-0.05, 0) is 26.8 Å². The zero-order valence-corrected chi connectivity index (χ0v) is 17.1. The summed E-state index contributed by atoms with van der Waals surface area (Å²) in [6, 6.07) is 3.48. The molecule has 1 rings (SSSR count). The Labute approximate surface area is 160 Å². The molecular formula is C15H26ClIN4O2. The Balaban J connectivity index is 0.00000484. The largest absolute Gasteiger partial charge is 0.476 e. The van der Waals surface area contributed by atoms with Crippen molar-refractivity contribution in [3.63, 3.8) is 0 Å². The average Bonchev–Trinajstić information content (AvgIpc) is 2.51. The van der Waals surface area contributed by atoms with Crippen LogP contribution in [0.1, 0.15) is 20.8 Å². The first kappa shape index (κ1) is 22.2.